The smallest absolute Gasteiger partial charge is 0.374 e. The van der Waals surface area contributed by atoms with Gasteiger partial charge in [-0.2, -0.15) is 18.3 Å². The van der Waals surface area contributed by atoms with Crippen molar-refractivity contribution in [3.63, 3.8) is 0 Å². The highest BCUT2D eigenvalue weighted by Crippen LogP contribution is 2.50. The molecule has 4 rings (SSSR count). The monoisotopic (exact) mass is 439 g/mol. The zero-order chi connectivity index (χ0) is 20.8. The predicted octanol–water partition coefficient (Wildman–Crippen LogP) is 6.07. The summed E-state index contributed by atoms with van der Waals surface area (Å²) in [6, 6.07) is 10.8. The Labute approximate surface area is 174 Å². The highest BCUT2D eigenvalue weighted by atomic mass is 35.5. The van der Waals surface area contributed by atoms with Crippen molar-refractivity contribution in [2.75, 3.05) is 0 Å². The highest BCUT2D eigenvalue weighted by Gasteiger charge is 2.62. The average molecular weight is 440 g/mol. The van der Waals surface area contributed by atoms with Crippen LogP contribution < -0.4 is 0 Å². The van der Waals surface area contributed by atoms with Gasteiger partial charge in [0.25, 0.3) is 5.60 Å². The maximum atomic E-state index is 14.2. The van der Waals surface area contributed by atoms with Crippen LogP contribution in [0.25, 0.3) is 5.69 Å². The molecule has 1 atom stereocenters. The van der Waals surface area contributed by atoms with E-state index in [-0.39, 0.29) is 21.3 Å². The predicted molar refractivity (Wildman–Crippen MR) is 105 cm³/mol. The first-order valence-electron chi connectivity index (χ1n) is 8.60. The van der Waals surface area contributed by atoms with E-state index in [4.69, 9.17) is 28.0 Å². The molecule has 0 saturated carbocycles. The minimum atomic E-state index is -4.75. The van der Waals surface area contributed by atoms with E-state index in [1.807, 2.05) is 13.0 Å². The van der Waals surface area contributed by atoms with E-state index in [9.17, 15) is 13.2 Å². The van der Waals surface area contributed by atoms with E-state index in [2.05, 4.69) is 10.3 Å². The van der Waals surface area contributed by atoms with Crippen LogP contribution in [0.15, 0.2) is 60.0 Å². The SMILES string of the molecule is Cc1cccc(C2=NOC(c3cc(Cl)cc(Cl)c3)(C(F)(F)F)C2)c1-n1cccn1. The lowest BCUT2D eigenvalue weighted by atomic mass is 9.86. The molecule has 1 aromatic heterocycles. The summed E-state index contributed by atoms with van der Waals surface area (Å²) >= 11 is 11.9. The van der Waals surface area contributed by atoms with Crippen molar-refractivity contribution in [2.24, 2.45) is 5.16 Å². The van der Waals surface area contributed by atoms with Gasteiger partial charge < -0.3 is 4.84 Å². The Morgan fingerprint density at radius 1 is 1.10 bits per heavy atom. The Hall–Kier alpha value is -2.51. The Kier molecular flexibility index (Phi) is 4.83. The minimum absolute atomic E-state index is 0.0842. The van der Waals surface area contributed by atoms with Crippen LogP contribution in [-0.4, -0.2) is 21.7 Å². The number of para-hydroxylation sites is 1. The van der Waals surface area contributed by atoms with Crippen LogP contribution in [0.3, 0.4) is 0 Å². The molecule has 0 aliphatic carbocycles. The lowest BCUT2D eigenvalue weighted by Crippen LogP contribution is -2.42. The van der Waals surface area contributed by atoms with E-state index in [0.29, 0.717) is 11.3 Å². The fraction of sp³-hybridized carbons (Fsp3) is 0.200. The zero-order valence-electron chi connectivity index (χ0n) is 15.0. The molecular formula is C20H14Cl2F3N3O. The normalized spacial score (nSPS) is 19.2. The van der Waals surface area contributed by atoms with Crippen LogP contribution >= 0.6 is 23.2 Å². The number of aromatic nitrogens is 2. The van der Waals surface area contributed by atoms with E-state index < -0.39 is 18.2 Å². The molecule has 1 unspecified atom stereocenters. The lowest BCUT2D eigenvalue weighted by molar-refractivity contribution is -0.275. The lowest BCUT2D eigenvalue weighted by Gasteiger charge is -2.29. The number of nitrogens with zero attached hydrogens (tertiary/aromatic N) is 3. The van der Waals surface area contributed by atoms with Crippen LogP contribution in [0, 0.1) is 6.92 Å². The number of oxime groups is 1. The maximum absolute atomic E-state index is 14.2. The summed E-state index contributed by atoms with van der Waals surface area (Å²) in [4.78, 5) is 5.10. The van der Waals surface area contributed by atoms with E-state index in [1.54, 1.807) is 35.3 Å². The number of aryl methyl sites for hydroxylation is 1. The van der Waals surface area contributed by atoms with Crippen LogP contribution in [0.2, 0.25) is 10.0 Å². The Morgan fingerprint density at radius 2 is 1.83 bits per heavy atom. The Morgan fingerprint density at radius 3 is 2.45 bits per heavy atom. The van der Waals surface area contributed by atoms with Crippen LogP contribution in [0.1, 0.15) is 23.1 Å². The van der Waals surface area contributed by atoms with Gasteiger partial charge in [-0.3, -0.25) is 0 Å². The third kappa shape index (κ3) is 3.38. The molecule has 4 nitrogen and oxygen atoms in total. The Bertz CT molecular complexity index is 1080. The van der Waals surface area contributed by atoms with Crippen molar-refractivity contribution < 1.29 is 18.0 Å². The molecule has 0 radical (unpaired) electrons. The molecule has 3 aromatic rings. The van der Waals surface area contributed by atoms with Gasteiger partial charge in [0.05, 0.1) is 17.8 Å². The second-order valence-corrected chi connectivity index (χ2v) is 7.58. The number of benzene rings is 2. The molecular weight excluding hydrogens is 426 g/mol. The number of rotatable bonds is 3. The highest BCUT2D eigenvalue weighted by molar-refractivity contribution is 6.34. The molecule has 2 aromatic carbocycles. The van der Waals surface area contributed by atoms with Gasteiger partial charge in [0.15, 0.2) is 0 Å². The summed E-state index contributed by atoms with van der Waals surface area (Å²) in [5, 5.41) is 8.22. The second-order valence-electron chi connectivity index (χ2n) is 6.71. The van der Waals surface area contributed by atoms with Gasteiger partial charge >= 0.3 is 6.18 Å². The molecule has 1 aliphatic heterocycles. The van der Waals surface area contributed by atoms with Crippen molar-refractivity contribution >= 4 is 28.9 Å². The topological polar surface area (TPSA) is 39.4 Å². The zero-order valence-corrected chi connectivity index (χ0v) is 16.6. The fourth-order valence-electron chi connectivity index (χ4n) is 3.43. The molecule has 0 amide bonds. The number of alkyl halides is 3. The summed E-state index contributed by atoms with van der Waals surface area (Å²) < 4.78 is 44.2. The molecule has 1 aliphatic rings. The fourth-order valence-corrected chi connectivity index (χ4v) is 3.96. The van der Waals surface area contributed by atoms with Gasteiger partial charge in [-0.15, -0.1) is 0 Å². The standard InChI is InChI=1S/C20H14Cl2F3N3O/c1-12-4-2-5-16(18(12)28-7-3-6-26-28)17-11-19(29-27-17,20(23,24)25)13-8-14(21)10-15(22)9-13/h2-10H,11H2,1H3. The molecule has 0 fully saturated rings. The molecule has 9 heteroatoms. The van der Waals surface area contributed by atoms with Gasteiger partial charge in [0.2, 0.25) is 0 Å². The quantitative estimate of drug-likeness (QED) is 0.496. The summed E-state index contributed by atoms with van der Waals surface area (Å²) in [5.74, 6) is 0. The molecule has 2 heterocycles. The van der Waals surface area contributed by atoms with E-state index in [1.165, 1.54) is 18.2 Å². The second kappa shape index (κ2) is 7.07. The van der Waals surface area contributed by atoms with Crippen molar-refractivity contribution in [1.29, 1.82) is 0 Å². The molecule has 0 spiro atoms. The van der Waals surface area contributed by atoms with Gasteiger partial charge in [-0.25, -0.2) is 4.68 Å². The van der Waals surface area contributed by atoms with Crippen molar-refractivity contribution in [1.82, 2.24) is 9.78 Å². The first-order chi connectivity index (χ1) is 13.7. The van der Waals surface area contributed by atoms with Gasteiger partial charge in [0, 0.05) is 33.6 Å². The Balaban J connectivity index is 1.82. The van der Waals surface area contributed by atoms with Crippen molar-refractivity contribution in [3.8, 4) is 5.69 Å². The summed E-state index contributed by atoms with van der Waals surface area (Å²) in [6.07, 6.45) is -1.96. The van der Waals surface area contributed by atoms with Crippen LogP contribution in [0.5, 0.6) is 0 Å². The first-order valence-corrected chi connectivity index (χ1v) is 9.35. The number of hydrogen-bond acceptors (Lipinski definition) is 3. The summed E-state index contributed by atoms with van der Waals surface area (Å²) in [6.45, 7) is 1.85. The summed E-state index contributed by atoms with van der Waals surface area (Å²) in [7, 11) is 0. The molecule has 29 heavy (non-hydrogen) atoms. The third-order valence-electron chi connectivity index (χ3n) is 4.80. The number of hydrogen-bond donors (Lipinski definition) is 0. The molecule has 0 N–H and O–H groups in total. The molecule has 150 valence electrons. The first kappa shape index (κ1) is 19.8. The number of halogens is 5. The van der Waals surface area contributed by atoms with Crippen molar-refractivity contribution in [2.45, 2.75) is 25.1 Å². The van der Waals surface area contributed by atoms with Crippen LogP contribution in [0.4, 0.5) is 13.2 Å². The minimum Gasteiger partial charge on any atom is -0.374 e. The van der Waals surface area contributed by atoms with Gasteiger partial charge in [-0.1, -0.05) is 46.6 Å². The largest absolute Gasteiger partial charge is 0.435 e. The summed E-state index contributed by atoms with van der Waals surface area (Å²) in [5.41, 5.74) is -0.733. The maximum Gasteiger partial charge on any atom is 0.435 e. The van der Waals surface area contributed by atoms with Crippen molar-refractivity contribution in [3.05, 3.63) is 81.6 Å². The van der Waals surface area contributed by atoms with E-state index in [0.717, 1.165) is 5.56 Å². The van der Waals surface area contributed by atoms with Crippen LogP contribution in [-0.2, 0) is 10.4 Å². The average Bonchev–Trinajstić information content (AvgIpc) is 3.31. The van der Waals surface area contributed by atoms with E-state index >= 15 is 0 Å². The molecule has 0 bridgehead atoms. The van der Waals surface area contributed by atoms with Gasteiger partial charge in [-0.05, 0) is 36.8 Å². The third-order valence-corrected chi connectivity index (χ3v) is 5.23. The molecule has 0 saturated heterocycles. The van der Waals surface area contributed by atoms with Gasteiger partial charge in [0.1, 0.15) is 0 Å².